The van der Waals surface area contributed by atoms with E-state index in [0.29, 0.717) is 42.5 Å². The lowest BCUT2D eigenvalue weighted by Crippen LogP contribution is -2.22. The number of hydrogen-bond acceptors (Lipinski definition) is 5. The van der Waals surface area contributed by atoms with Gasteiger partial charge in [0.2, 0.25) is 0 Å². The van der Waals surface area contributed by atoms with Gasteiger partial charge < -0.3 is 24.5 Å². The molecule has 7 heteroatoms. The van der Waals surface area contributed by atoms with Crippen molar-refractivity contribution in [1.82, 2.24) is 5.32 Å². The van der Waals surface area contributed by atoms with Crippen molar-refractivity contribution in [3.05, 3.63) is 77.7 Å². The molecule has 0 aliphatic carbocycles. The summed E-state index contributed by atoms with van der Waals surface area (Å²) in [5.41, 5.74) is 2.03. The summed E-state index contributed by atoms with van der Waals surface area (Å²) >= 11 is 0. The molecular weight excluding hydrogens is 384 g/mol. The highest BCUT2D eigenvalue weighted by atomic mass is 16.5. The Balaban J connectivity index is 1.58. The second-order valence-corrected chi connectivity index (χ2v) is 6.34. The second-order valence-electron chi connectivity index (χ2n) is 6.34. The van der Waals surface area contributed by atoms with Crippen molar-refractivity contribution >= 4 is 17.5 Å². The van der Waals surface area contributed by atoms with Gasteiger partial charge in [0.1, 0.15) is 0 Å². The Labute approximate surface area is 175 Å². The van der Waals surface area contributed by atoms with E-state index in [2.05, 4.69) is 10.6 Å². The zero-order valence-electron chi connectivity index (χ0n) is 16.9. The predicted octanol–water partition coefficient (Wildman–Crippen LogP) is 4.26. The van der Waals surface area contributed by atoms with Gasteiger partial charge in [0.15, 0.2) is 17.3 Å². The Bertz CT molecular complexity index is 981. The molecule has 0 atom stereocenters. The van der Waals surface area contributed by atoms with Crippen LogP contribution in [0.2, 0.25) is 0 Å². The number of carbonyl (C=O) groups excluding carboxylic acids is 2. The number of benzene rings is 2. The van der Waals surface area contributed by atoms with Crippen LogP contribution in [-0.4, -0.2) is 25.0 Å². The maximum atomic E-state index is 12.5. The molecule has 0 saturated carbocycles. The first kappa shape index (κ1) is 21.0. The SMILES string of the molecule is CCOc1ccc(C(=O)NCc2ccc(NC(=O)c3ccco3)cc2)cc1OCC. The number of ether oxygens (including phenoxy) is 2. The Kier molecular flexibility index (Phi) is 7.10. The summed E-state index contributed by atoms with van der Waals surface area (Å²) in [6, 6.07) is 15.6. The van der Waals surface area contributed by atoms with Crippen molar-refractivity contribution < 1.29 is 23.5 Å². The molecule has 1 heterocycles. The molecule has 3 rings (SSSR count). The third kappa shape index (κ3) is 5.41. The lowest BCUT2D eigenvalue weighted by molar-refractivity contribution is 0.0949. The first-order valence-corrected chi connectivity index (χ1v) is 9.72. The largest absolute Gasteiger partial charge is 0.490 e. The molecule has 2 aromatic carbocycles. The Hall–Kier alpha value is -3.74. The van der Waals surface area contributed by atoms with Gasteiger partial charge in [-0.1, -0.05) is 12.1 Å². The van der Waals surface area contributed by atoms with E-state index in [1.165, 1.54) is 6.26 Å². The maximum absolute atomic E-state index is 12.5. The zero-order chi connectivity index (χ0) is 21.3. The molecule has 0 aliphatic heterocycles. The Morgan fingerprint density at radius 3 is 2.30 bits per heavy atom. The maximum Gasteiger partial charge on any atom is 0.291 e. The fraction of sp³-hybridized carbons (Fsp3) is 0.217. The lowest BCUT2D eigenvalue weighted by atomic mass is 10.1. The molecule has 156 valence electrons. The van der Waals surface area contributed by atoms with Crippen LogP contribution in [0.3, 0.4) is 0 Å². The number of rotatable bonds is 9. The summed E-state index contributed by atoms with van der Waals surface area (Å²) in [6.07, 6.45) is 1.45. The fourth-order valence-corrected chi connectivity index (χ4v) is 2.78. The predicted molar refractivity (Wildman–Crippen MR) is 113 cm³/mol. The van der Waals surface area contributed by atoms with Crippen LogP contribution in [0.5, 0.6) is 11.5 Å². The molecule has 2 N–H and O–H groups in total. The van der Waals surface area contributed by atoms with Crippen molar-refractivity contribution in [3.63, 3.8) is 0 Å². The molecule has 0 radical (unpaired) electrons. The van der Waals surface area contributed by atoms with Crippen LogP contribution in [0.25, 0.3) is 0 Å². The van der Waals surface area contributed by atoms with Crippen molar-refractivity contribution in [2.75, 3.05) is 18.5 Å². The van der Waals surface area contributed by atoms with E-state index >= 15 is 0 Å². The van der Waals surface area contributed by atoms with Crippen LogP contribution < -0.4 is 20.1 Å². The monoisotopic (exact) mass is 408 g/mol. The van der Waals surface area contributed by atoms with E-state index in [1.54, 1.807) is 42.5 Å². The summed E-state index contributed by atoms with van der Waals surface area (Å²) in [7, 11) is 0. The summed E-state index contributed by atoms with van der Waals surface area (Å²) in [4.78, 5) is 24.5. The van der Waals surface area contributed by atoms with Gasteiger partial charge in [-0.25, -0.2) is 0 Å². The molecule has 0 fully saturated rings. The number of furan rings is 1. The van der Waals surface area contributed by atoms with Gasteiger partial charge in [-0.2, -0.15) is 0 Å². The summed E-state index contributed by atoms with van der Waals surface area (Å²) in [6.45, 7) is 5.12. The molecule has 1 aromatic heterocycles. The van der Waals surface area contributed by atoms with Crippen molar-refractivity contribution in [3.8, 4) is 11.5 Å². The first-order valence-electron chi connectivity index (χ1n) is 9.72. The average Bonchev–Trinajstić information content (AvgIpc) is 3.30. The van der Waals surface area contributed by atoms with E-state index in [0.717, 1.165) is 5.56 Å². The van der Waals surface area contributed by atoms with E-state index in [4.69, 9.17) is 13.9 Å². The van der Waals surface area contributed by atoms with Crippen LogP contribution in [0.4, 0.5) is 5.69 Å². The first-order chi connectivity index (χ1) is 14.6. The summed E-state index contributed by atoms with van der Waals surface area (Å²) in [5.74, 6) is 0.871. The van der Waals surface area contributed by atoms with E-state index in [9.17, 15) is 9.59 Å². The molecule has 0 unspecified atom stereocenters. The molecular formula is C23H24N2O5. The van der Waals surface area contributed by atoms with E-state index in [1.807, 2.05) is 26.0 Å². The average molecular weight is 408 g/mol. The topological polar surface area (TPSA) is 89.8 Å². The van der Waals surface area contributed by atoms with Crippen LogP contribution >= 0.6 is 0 Å². The Morgan fingerprint density at radius 1 is 0.900 bits per heavy atom. The number of nitrogens with one attached hydrogen (secondary N) is 2. The van der Waals surface area contributed by atoms with Gasteiger partial charge in [0.05, 0.1) is 19.5 Å². The lowest BCUT2D eigenvalue weighted by Gasteiger charge is -2.12. The molecule has 0 bridgehead atoms. The molecule has 3 aromatic rings. The molecule has 0 aliphatic rings. The van der Waals surface area contributed by atoms with Crippen LogP contribution in [0.15, 0.2) is 65.3 Å². The third-order valence-corrected chi connectivity index (χ3v) is 4.22. The summed E-state index contributed by atoms with van der Waals surface area (Å²) < 4.78 is 16.2. The fourth-order valence-electron chi connectivity index (χ4n) is 2.78. The molecule has 7 nitrogen and oxygen atoms in total. The minimum Gasteiger partial charge on any atom is -0.490 e. The van der Waals surface area contributed by atoms with Crippen LogP contribution in [0.1, 0.15) is 40.3 Å². The van der Waals surface area contributed by atoms with Crippen molar-refractivity contribution in [2.45, 2.75) is 20.4 Å². The van der Waals surface area contributed by atoms with Gasteiger partial charge >= 0.3 is 0 Å². The molecule has 0 spiro atoms. The van der Waals surface area contributed by atoms with Gasteiger partial charge in [0.25, 0.3) is 11.8 Å². The zero-order valence-corrected chi connectivity index (χ0v) is 16.9. The van der Waals surface area contributed by atoms with Gasteiger partial charge in [-0.3, -0.25) is 9.59 Å². The van der Waals surface area contributed by atoms with Gasteiger partial charge in [0, 0.05) is 17.8 Å². The molecule has 2 amide bonds. The van der Waals surface area contributed by atoms with Gasteiger partial charge in [-0.05, 0) is 61.9 Å². The molecule has 30 heavy (non-hydrogen) atoms. The number of hydrogen-bond donors (Lipinski definition) is 2. The number of carbonyl (C=O) groups is 2. The Morgan fingerprint density at radius 2 is 1.63 bits per heavy atom. The summed E-state index contributed by atoms with van der Waals surface area (Å²) in [5, 5.41) is 5.63. The normalized spacial score (nSPS) is 10.3. The molecule has 0 saturated heterocycles. The van der Waals surface area contributed by atoms with Crippen molar-refractivity contribution in [1.29, 1.82) is 0 Å². The van der Waals surface area contributed by atoms with Gasteiger partial charge in [-0.15, -0.1) is 0 Å². The standard InChI is InChI=1S/C23H24N2O5/c1-3-28-19-12-9-17(14-21(19)29-4-2)22(26)24-15-16-7-10-18(11-8-16)25-23(27)20-6-5-13-30-20/h5-14H,3-4,15H2,1-2H3,(H,24,26)(H,25,27). The van der Waals surface area contributed by atoms with Crippen LogP contribution in [0, 0.1) is 0 Å². The minimum absolute atomic E-state index is 0.214. The smallest absolute Gasteiger partial charge is 0.291 e. The highest BCUT2D eigenvalue weighted by molar-refractivity contribution is 6.02. The minimum atomic E-state index is -0.318. The number of amides is 2. The van der Waals surface area contributed by atoms with Crippen LogP contribution in [-0.2, 0) is 6.54 Å². The highest BCUT2D eigenvalue weighted by Crippen LogP contribution is 2.28. The van der Waals surface area contributed by atoms with E-state index < -0.39 is 0 Å². The van der Waals surface area contributed by atoms with E-state index in [-0.39, 0.29) is 17.6 Å². The second kappa shape index (κ2) is 10.2. The third-order valence-electron chi connectivity index (χ3n) is 4.22. The highest BCUT2D eigenvalue weighted by Gasteiger charge is 2.12. The quantitative estimate of drug-likeness (QED) is 0.552. The van der Waals surface area contributed by atoms with Crippen molar-refractivity contribution in [2.24, 2.45) is 0 Å². The number of anilines is 1.